The summed E-state index contributed by atoms with van der Waals surface area (Å²) in [4.78, 5) is 17.3. The Morgan fingerprint density at radius 3 is 2.50 bits per heavy atom. The van der Waals surface area contributed by atoms with E-state index >= 15 is 0 Å². The smallest absolute Gasteiger partial charge is 1.00 e. The normalized spacial score (nSPS) is 17.1. The summed E-state index contributed by atoms with van der Waals surface area (Å²) in [6.45, 7) is 4.59. The van der Waals surface area contributed by atoms with Gasteiger partial charge in [-0.2, -0.15) is 0 Å². The molecule has 0 spiro atoms. The van der Waals surface area contributed by atoms with Crippen molar-refractivity contribution in [1.29, 1.82) is 0 Å². The molecular weight excluding hydrogens is 272 g/mol. The van der Waals surface area contributed by atoms with Crippen molar-refractivity contribution in [2.24, 2.45) is 5.41 Å². The van der Waals surface area contributed by atoms with E-state index in [0.29, 0.717) is 18.2 Å². The Balaban J connectivity index is -0.000000722. The van der Waals surface area contributed by atoms with Gasteiger partial charge in [0.1, 0.15) is 0 Å². The van der Waals surface area contributed by atoms with Crippen LogP contribution in [0.4, 0.5) is 0 Å². The van der Waals surface area contributed by atoms with Gasteiger partial charge in [-0.3, -0.25) is 9.63 Å². The largest absolute Gasteiger partial charge is 1.00 e. The van der Waals surface area contributed by atoms with Crippen LogP contribution < -0.4 is 59.1 Å². The number of amides is 1. The Morgan fingerprint density at radius 2 is 2.00 bits per heavy atom. The number of hydrogen-bond acceptors (Lipinski definition) is 2. The molecular formula is C12H16ClNNa2O2. The molecule has 1 saturated heterocycles. The Bertz CT molecular complexity index is 436. The van der Waals surface area contributed by atoms with E-state index in [-0.39, 0.29) is 67.9 Å². The summed E-state index contributed by atoms with van der Waals surface area (Å²) in [6.07, 6.45) is 0. The van der Waals surface area contributed by atoms with Gasteiger partial charge in [-0.05, 0) is 25.5 Å². The minimum Gasteiger partial charge on any atom is -1.00 e. The zero-order valence-corrected chi connectivity index (χ0v) is 16.1. The number of rotatable bonds is 2. The van der Waals surface area contributed by atoms with Crippen molar-refractivity contribution in [3.05, 3.63) is 34.9 Å². The van der Waals surface area contributed by atoms with Crippen molar-refractivity contribution in [1.82, 2.24) is 5.06 Å². The van der Waals surface area contributed by atoms with Crippen LogP contribution in [-0.4, -0.2) is 17.6 Å². The summed E-state index contributed by atoms with van der Waals surface area (Å²) in [7, 11) is 0. The van der Waals surface area contributed by atoms with E-state index in [0.717, 1.165) is 5.56 Å². The molecule has 6 heteroatoms. The number of carbonyl (C=O) groups excluding carboxylic acids is 1. The Labute approximate surface area is 160 Å². The number of carbonyl (C=O) groups is 1. The molecule has 0 aromatic heterocycles. The predicted octanol–water partition coefficient (Wildman–Crippen LogP) is -3.13. The van der Waals surface area contributed by atoms with Crippen LogP contribution in [0.3, 0.4) is 0 Å². The fourth-order valence-electron chi connectivity index (χ4n) is 1.60. The van der Waals surface area contributed by atoms with Crippen LogP contribution >= 0.6 is 11.6 Å². The summed E-state index contributed by atoms with van der Waals surface area (Å²) in [5.74, 6) is 0.00687. The van der Waals surface area contributed by atoms with Gasteiger partial charge in [0.25, 0.3) is 5.91 Å². The summed E-state index contributed by atoms with van der Waals surface area (Å²) >= 11 is 6.03. The first-order valence-corrected chi connectivity index (χ1v) is 5.57. The quantitative estimate of drug-likeness (QED) is 0.539. The van der Waals surface area contributed by atoms with Crippen LogP contribution in [0.5, 0.6) is 0 Å². The molecule has 1 heterocycles. The number of hydrogen-bond donors (Lipinski definition) is 0. The van der Waals surface area contributed by atoms with Crippen molar-refractivity contribution < 1.29 is 71.6 Å². The molecule has 3 nitrogen and oxygen atoms in total. The average Bonchev–Trinajstić information content (AvgIpc) is 2.49. The van der Waals surface area contributed by atoms with Gasteiger partial charge in [0, 0.05) is 5.02 Å². The first kappa shape index (κ1) is 18.9. The Morgan fingerprint density at radius 1 is 1.39 bits per heavy atom. The zero-order chi connectivity index (χ0) is 11.8. The molecule has 0 saturated carbocycles. The van der Waals surface area contributed by atoms with Gasteiger partial charge < -0.3 is 2.85 Å². The molecule has 0 unspecified atom stereocenters. The van der Waals surface area contributed by atoms with E-state index in [4.69, 9.17) is 16.4 Å². The molecule has 1 aliphatic heterocycles. The number of benzene rings is 1. The summed E-state index contributed by atoms with van der Waals surface area (Å²) < 4.78 is 0. The minimum atomic E-state index is -0.429. The van der Waals surface area contributed by atoms with Crippen molar-refractivity contribution in [3.8, 4) is 0 Å². The van der Waals surface area contributed by atoms with Crippen molar-refractivity contribution in [2.45, 2.75) is 20.4 Å². The van der Waals surface area contributed by atoms with Crippen LogP contribution in [-0.2, 0) is 16.2 Å². The standard InChI is InChI=1S/C12H14ClNO2.2Na.2H/c1-12(2)8-16-14(11(12)15)7-9-5-3-4-6-10(9)13;;;;/h3-6H,7-8H2,1-2H3;;;;/q;2*+1;2*-1. The molecule has 0 N–H and O–H groups in total. The van der Waals surface area contributed by atoms with Gasteiger partial charge in [0.2, 0.25) is 0 Å². The second-order valence-electron chi connectivity index (χ2n) is 4.59. The second-order valence-corrected chi connectivity index (χ2v) is 5.00. The Kier molecular flexibility index (Phi) is 8.05. The molecule has 1 aromatic carbocycles. The van der Waals surface area contributed by atoms with E-state index in [9.17, 15) is 4.79 Å². The molecule has 1 fully saturated rings. The Hall–Kier alpha value is 0.940. The minimum absolute atomic E-state index is 0. The van der Waals surface area contributed by atoms with Crippen LogP contribution in [0.2, 0.25) is 5.02 Å². The van der Waals surface area contributed by atoms with E-state index in [2.05, 4.69) is 0 Å². The maximum Gasteiger partial charge on any atom is 1.00 e. The maximum atomic E-state index is 11.9. The molecule has 2 rings (SSSR count). The monoisotopic (exact) mass is 287 g/mol. The third-order valence-electron chi connectivity index (χ3n) is 2.66. The van der Waals surface area contributed by atoms with Crippen molar-refractivity contribution >= 4 is 17.5 Å². The zero-order valence-electron chi connectivity index (χ0n) is 13.4. The second kappa shape index (κ2) is 7.65. The van der Waals surface area contributed by atoms with Gasteiger partial charge in [-0.15, -0.1) is 0 Å². The van der Waals surface area contributed by atoms with Gasteiger partial charge >= 0.3 is 59.1 Å². The number of halogens is 1. The van der Waals surface area contributed by atoms with E-state index in [1.165, 1.54) is 5.06 Å². The predicted molar refractivity (Wildman–Crippen MR) is 64.0 cm³/mol. The van der Waals surface area contributed by atoms with E-state index in [1.54, 1.807) is 0 Å². The van der Waals surface area contributed by atoms with Gasteiger partial charge in [-0.25, -0.2) is 5.06 Å². The van der Waals surface area contributed by atoms with Gasteiger partial charge in [0.05, 0.1) is 18.6 Å². The number of nitrogens with zero attached hydrogens (tertiary/aromatic N) is 1. The van der Waals surface area contributed by atoms with Crippen LogP contribution in [0.1, 0.15) is 22.3 Å². The third kappa shape index (κ3) is 4.22. The van der Waals surface area contributed by atoms with Crippen LogP contribution in [0, 0.1) is 5.41 Å². The molecule has 1 aliphatic rings. The molecule has 18 heavy (non-hydrogen) atoms. The first-order valence-electron chi connectivity index (χ1n) is 5.19. The molecule has 0 atom stereocenters. The average molecular weight is 288 g/mol. The van der Waals surface area contributed by atoms with E-state index < -0.39 is 5.41 Å². The maximum absolute atomic E-state index is 11.9. The summed E-state index contributed by atoms with van der Waals surface area (Å²) in [5, 5.41) is 2.05. The molecule has 1 aromatic rings. The molecule has 0 radical (unpaired) electrons. The fraction of sp³-hybridized carbons (Fsp3) is 0.417. The van der Waals surface area contributed by atoms with Gasteiger partial charge in [-0.1, -0.05) is 29.8 Å². The SMILES string of the molecule is CC1(C)CON(Cc2ccccc2Cl)C1=O.[H-].[H-].[Na+].[Na+]. The van der Waals surface area contributed by atoms with Crippen molar-refractivity contribution in [3.63, 3.8) is 0 Å². The third-order valence-corrected chi connectivity index (χ3v) is 3.03. The fourth-order valence-corrected chi connectivity index (χ4v) is 1.79. The summed E-state index contributed by atoms with van der Waals surface area (Å²) in [6, 6.07) is 7.46. The molecule has 90 valence electrons. The van der Waals surface area contributed by atoms with Gasteiger partial charge in [0.15, 0.2) is 0 Å². The molecule has 1 amide bonds. The number of hydroxylamine groups is 2. The van der Waals surface area contributed by atoms with Crippen LogP contribution in [0.15, 0.2) is 24.3 Å². The summed E-state index contributed by atoms with van der Waals surface area (Å²) in [5.41, 5.74) is 0.469. The molecule has 0 bridgehead atoms. The van der Waals surface area contributed by atoms with Crippen molar-refractivity contribution in [2.75, 3.05) is 6.61 Å². The topological polar surface area (TPSA) is 29.5 Å². The first-order chi connectivity index (χ1) is 7.50. The van der Waals surface area contributed by atoms with Crippen LogP contribution in [0.25, 0.3) is 0 Å². The van der Waals surface area contributed by atoms with E-state index in [1.807, 2.05) is 38.1 Å². The molecule has 0 aliphatic carbocycles.